The Morgan fingerprint density at radius 3 is 2.61 bits per heavy atom. The normalized spacial score (nSPS) is 11.9. The number of carbonyl (C=O) groups excluding carboxylic acids is 1. The van der Waals surface area contributed by atoms with Crippen molar-refractivity contribution in [2.45, 2.75) is 44.7 Å². The van der Waals surface area contributed by atoms with Crippen molar-refractivity contribution in [1.29, 1.82) is 0 Å². The van der Waals surface area contributed by atoms with E-state index in [1.807, 2.05) is 30.5 Å². The fourth-order valence-corrected chi connectivity index (χ4v) is 4.40. The van der Waals surface area contributed by atoms with Crippen molar-refractivity contribution in [2.75, 3.05) is 5.32 Å². The number of amides is 1. The molecule has 28 heavy (non-hydrogen) atoms. The largest absolute Gasteiger partial charge is 0.347 e. The molecule has 0 radical (unpaired) electrons. The van der Waals surface area contributed by atoms with Crippen molar-refractivity contribution >= 4 is 32.5 Å². The molecular formula is C21H25N3O3S. The minimum Gasteiger partial charge on any atom is -0.347 e. The van der Waals surface area contributed by atoms with Gasteiger partial charge in [-0.05, 0) is 62.7 Å². The van der Waals surface area contributed by atoms with Gasteiger partial charge in [0.1, 0.15) is 0 Å². The SMILES string of the molecule is CCCn1ccc2cc(NC(=O)c3cccc(S(=O)(=O)NC(C)C)c3)ccc21. The van der Waals surface area contributed by atoms with Crippen molar-refractivity contribution in [2.24, 2.45) is 0 Å². The molecule has 2 N–H and O–H groups in total. The number of aromatic nitrogens is 1. The first-order valence-electron chi connectivity index (χ1n) is 9.33. The van der Waals surface area contributed by atoms with E-state index in [0.29, 0.717) is 5.69 Å². The molecule has 0 unspecified atom stereocenters. The third-order valence-corrected chi connectivity index (χ3v) is 5.95. The Morgan fingerprint density at radius 2 is 1.89 bits per heavy atom. The highest BCUT2D eigenvalue weighted by Gasteiger charge is 2.17. The van der Waals surface area contributed by atoms with Crippen LogP contribution < -0.4 is 10.0 Å². The van der Waals surface area contributed by atoms with Crippen molar-refractivity contribution in [3.05, 3.63) is 60.3 Å². The number of fused-ring (bicyclic) bond motifs is 1. The maximum Gasteiger partial charge on any atom is 0.255 e. The molecule has 0 aliphatic heterocycles. The fourth-order valence-electron chi connectivity index (χ4n) is 3.10. The van der Waals surface area contributed by atoms with Gasteiger partial charge in [0.2, 0.25) is 10.0 Å². The van der Waals surface area contributed by atoms with Gasteiger partial charge in [0, 0.05) is 40.9 Å². The average molecular weight is 400 g/mol. The number of rotatable bonds is 7. The van der Waals surface area contributed by atoms with Crippen LogP contribution in [0.2, 0.25) is 0 Å². The summed E-state index contributed by atoms with van der Waals surface area (Å²) in [4.78, 5) is 12.7. The molecule has 0 saturated carbocycles. The van der Waals surface area contributed by atoms with E-state index in [1.165, 1.54) is 12.1 Å². The van der Waals surface area contributed by atoms with E-state index in [9.17, 15) is 13.2 Å². The van der Waals surface area contributed by atoms with E-state index in [0.717, 1.165) is 23.9 Å². The van der Waals surface area contributed by atoms with Crippen LogP contribution in [0.15, 0.2) is 59.6 Å². The summed E-state index contributed by atoms with van der Waals surface area (Å²) < 4.78 is 29.4. The van der Waals surface area contributed by atoms with E-state index >= 15 is 0 Å². The van der Waals surface area contributed by atoms with E-state index in [-0.39, 0.29) is 22.4 Å². The number of nitrogens with zero attached hydrogens (tertiary/aromatic N) is 1. The molecule has 1 heterocycles. The smallest absolute Gasteiger partial charge is 0.255 e. The molecule has 0 atom stereocenters. The predicted octanol–water partition coefficient (Wildman–Crippen LogP) is 3.99. The Balaban J connectivity index is 1.81. The first-order valence-corrected chi connectivity index (χ1v) is 10.8. The Bertz CT molecular complexity index is 1100. The summed E-state index contributed by atoms with van der Waals surface area (Å²) in [7, 11) is -3.65. The minimum atomic E-state index is -3.65. The first kappa shape index (κ1) is 20.1. The second-order valence-electron chi connectivity index (χ2n) is 7.04. The third-order valence-electron chi connectivity index (χ3n) is 4.29. The molecule has 0 aliphatic rings. The van der Waals surface area contributed by atoms with Gasteiger partial charge in [-0.1, -0.05) is 13.0 Å². The Morgan fingerprint density at radius 1 is 1.11 bits per heavy atom. The summed E-state index contributed by atoms with van der Waals surface area (Å²) in [6.45, 7) is 6.57. The van der Waals surface area contributed by atoms with Gasteiger partial charge in [-0.15, -0.1) is 0 Å². The molecule has 0 saturated heterocycles. The molecule has 1 aromatic heterocycles. The number of aryl methyl sites for hydroxylation is 1. The lowest BCUT2D eigenvalue weighted by Crippen LogP contribution is -2.30. The maximum atomic E-state index is 12.6. The van der Waals surface area contributed by atoms with Crippen LogP contribution in [0.1, 0.15) is 37.6 Å². The van der Waals surface area contributed by atoms with Gasteiger partial charge >= 0.3 is 0 Å². The van der Waals surface area contributed by atoms with Crippen LogP contribution in [-0.2, 0) is 16.6 Å². The second-order valence-corrected chi connectivity index (χ2v) is 8.75. The zero-order valence-corrected chi connectivity index (χ0v) is 17.1. The highest BCUT2D eigenvalue weighted by atomic mass is 32.2. The number of anilines is 1. The summed E-state index contributed by atoms with van der Waals surface area (Å²) in [5, 5.41) is 3.89. The van der Waals surface area contributed by atoms with Gasteiger partial charge in [-0.2, -0.15) is 0 Å². The fraction of sp³-hybridized carbons (Fsp3) is 0.286. The molecule has 0 fully saturated rings. The van der Waals surface area contributed by atoms with Crippen LogP contribution in [0.25, 0.3) is 10.9 Å². The summed E-state index contributed by atoms with van der Waals surface area (Å²) in [5.41, 5.74) is 2.07. The number of nitrogens with one attached hydrogen (secondary N) is 2. The van der Waals surface area contributed by atoms with E-state index in [4.69, 9.17) is 0 Å². The molecule has 3 rings (SSSR count). The van der Waals surface area contributed by atoms with Crippen molar-refractivity contribution in [3.8, 4) is 0 Å². The first-order chi connectivity index (χ1) is 13.3. The molecule has 3 aromatic rings. The van der Waals surface area contributed by atoms with Crippen molar-refractivity contribution < 1.29 is 13.2 Å². The van der Waals surface area contributed by atoms with Crippen LogP contribution >= 0.6 is 0 Å². The highest BCUT2D eigenvalue weighted by molar-refractivity contribution is 7.89. The molecule has 7 heteroatoms. The lowest BCUT2D eigenvalue weighted by molar-refractivity contribution is 0.102. The average Bonchev–Trinajstić information content (AvgIpc) is 3.03. The topological polar surface area (TPSA) is 80.2 Å². The molecule has 1 amide bonds. The zero-order chi connectivity index (χ0) is 20.3. The van der Waals surface area contributed by atoms with E-state index < -0.39 is 10.0 Å². The second kappa shape index (κ2) is 8.16. The molecule has 6 nitrogen and oxygen atoms in total. The van der Waals surface area contributed by atoms with Crippen LogP contribution in [0, 0.1) is 0 Å². The number of sulfonamides is 1. The van der Waals surface area contributed by atoms with E-state index in [1.54, 1.807) is 26.0 Å². The highest BCUT2D eigenvalue weighted by Crippen LogP contribution is 2.22. The summed E-state index contributed by atoms with van der Waals surface area (Å²) in [6, 6.07) is 13.6. The van der Waals surface area contributed by atoms with Crippen LogP contribution in [0.5, 0.6) is 0 Å². The molecule has 0 spiro atoms. The van der Waals surface area contributed by atoms with E-state index in [2.05, 4.69) is 21.5 Å². The number of hydrogen-bond donors (Lipinski definition) is 2. The molecule has 0 bridgehead atoms. The third kappa shape index (κ3) is 4.43. The summed E-state index contributed by atoms with van der Waals surface area (Å²) in [5.74, 6) is -0.353. The van der Waals surface area contributed by atoms with Gasteiger partial charge in [0.15, 0.2) is 0 Å². The van der Waals surface area contributed by atoms with Gasteiger partial charge < -0.3 is 9.88 Å². The number of benzene rings is 2. The Labute approximate surface area is 165 Å². The maximum absolute atomic E-state index is 12.6. The van der Waals surface area contributed by atoms with Gasteiger partial charge in [0.25, 0.3) is 5.91 Å². The Kier molecular flexibility index (Phi) is 5.86. The van der Waals surface area contributed by atoms with Crippen LogP contribution in [-0.4, -0.2) is 24.9 Å². The van der Waals surface area contributed by atoms with Gasteiger partial charge in [-0.3, -0.25) is 4.79 Å². The monoisotopic (exact) mass is 399 g/mol. The molecular weight excluding hydrogens is 374 g/mol. The summed E-state index contributed by atoms with van der Waals surface area (Å²) >= 11 is 0. The number of hydrogen-bond acceptors (Lipinski definition) is 3. The minimum absolute atomic E-state index is 0.0703. The molecule has 148 valence electrons. The van der Waals surface area contributed by atoms with Crippen LogP contribution in [0.3, 0.4) is 0 Å². The lowest BCUT2D eigenvalue weighted by Gasteiger charge is -2.11. The molecule has 2 aromatic carbocycles. The molecule has 0 aliphatic carbocycles. The quantitative estimate of drug-likeness (QED) is 0.630. The Hall–Kier alpha value is -2.64. The van der Waals surface area contributed by atoms with Gasteiger partial charge in [-0.25, -0.2) is 13.1 Å². The predicted molar refractivity (Wildman–Crippen MR) is 112 cm³/mol. The van der Waals surface area contributed by atoms with Crippen molar-refractivity contribution in [1.82, 2.24) is 9.29 Å². The zero-order valence-electron chi connectivity index (χ0n) is 16.3. The lowest BCUT2D eigenvalue weighted by atomic mass is 10.2. The summed E-state index contributed by atoms with van der Waals surface area (Å²) in [6.07, 6.45) is 3.09. The standard InChI is InChI=1S/C21H25N3O3S/c1-4-11-24-12-10-16-13-18(8-9-20(16)24)22-21(25)17-6-5-7-19(14-17)28(26,27)23-15(2)3/h5-10,12-15,23H,4,11H2,1-3H3,(H,22,25). The van der Waals surface area contributed by atoms with Crippen LogP contribution in [0.4, 0.5) is 5.69 Å². The van der Waals surface area contributed by atoms with Crippen molar-refractivity contribution in [3.63, 3.8) is 0 Å². The number of carbonyl (C=O) groups is 1. The van der Waals surface area contributed by atoms with Gasteiger partial charge in [0.05, 0.1) is 4.90 Å².